The van der Waals surface area contributed by atoms with Crippen LogP contribution in [0.25, 0.3) is 0 Å². The van der Waals surface area contributed by atoms with Crippen LogP contribution in [0.5, 0.6) is 0 Å². The Morgan fingerprint density at radius 1 is 1.09 bits per heavy atom. The van der Waals surface area contributed by atoms with Crippen LogP contribution >= 0.6 is 0 Å². The van der Waals surface area contributed by atoms with Crippen molar-refractivity contribution in [1.29, 1.82) is 0 Å². The second-order valence-corrected chi connectivity index (χ2v) is 4.89. The van der Waals surface area contributed by atoms with Crippen LogP contribution in [0.15, 0.2) is 24.3 Å². The van der Waals surface area contributed by atoms with E-state index < -0.39 is 0 Å². The van der Waals surface area contributed by atoms with Gasteiger partial charge in [-0.25, -0.2) is 4.79 Å². The van der Waals surface area contributed by atoms with E-state index in [4.69, 9.17) is 19.9 Å². The molecule has 0 aliphatic rings. The lowest BCUT2D eigenvalue weighted by atomic mass is 10.0. The number of ether oxygens (including phenoxy) is 3. The number of carbonyl (C=O) groups excluding carboxylic acids is 1. The van der Waals surface area contributed by atoms with Crippen molar-refractivity contribution in [3.8, 4) is 0 Å². The van der Waals surface area contributed by atoms with E-state index in [0.717, 1.165) is 18.7 Å². The van der Waals surface area contributed by atoms with Gasteiger partial charge >= 0.3 is 5.97 Å². The van der Waals surface area contributed by atoms with Gasteiger partial charge in [0.05, 0.1) is 25.9 Å². The first-order valence-corrected chi connectivity index (χ1v) is 7.28. The molecule has 0 bridgehead atoms. The number of methoxy groups -OCH3 is 3. The normalized spacial score (nSPS) is 12.4. The molecule has 0 fully saturated rings. The van der Waals surface area contributed by atoms with E-state index >= 15 is 0 Å². The molecule has 1 atom stereocenters. The Labute approximate surface area is 132 Å². The third-order valence-corrected chi connectivity index (χ3v) is 3.55. The van der Waals surface area contributed by atoms with Crippen molar-refractivity contribution in [3.63, 3.8) is 0 Å². The summed E-state index contributed by atoms with van der Waals surface area (Å²) in [6.45, 7) is 3.26. The number of carbonyl (C=O) groups is 1. The molecule has 6 nitrogen and oxygen atoms in total. The summed E-state index contributed by atoms with van der Waals surface area (Å²) in [5, 5.41) is 0. The number of hydrogen-bond donors (Lipinski definition) is 1. The van der Waals surface area contributed by atoms with E-state index in [1.54, 1.807) is 26.4 Å². The molecule has 0 aliphatic carbocycles. The molecule has 0 spiro atoms. The van der Waals surface area contributed by atoms with E-state index in [1.807, 2.05) is 12.1 Å². The summed E-state index contributed by atoms with van der Waals surface area (Å²) in [5.74, 6) is -0.341. The largest absolute Gasteiger partial charge is 0.465 e. The highest BCUT2D eigenvalue weighted by atomic mass is 16.5. The highest BCUT2D eigenvalue weighted by Gasteiger charge is 2.19. The highest BCUT2D eigenvalue weighted by molar-refractivity contribution is 5.89. The van der Waals surface area contributed by atoms with Gasteiger partial charge in [0.25, 0.3) is 0 Å². The molecule has 0 saturated carbocycles. The number of nitrogens with two attached hydrogens (primary N) is 1. The fourth-order valence-corrected chi connectivity index (χ4v) is 2.30. The second kappa shape index (κ2) is 10.3. The third-order valence-electron chi connectivity index (χ3n) is 3.55. The average molecular weight is 310 g/mol. The summed E-state index contributed by atoms with van der Waals surface area (Å²) < 4.78 is 15.0. The molecule has 0 heterocycles. The summed E-state index contributed by atoms with van der Waals surface area (Å²) in [7, 11) is 4.73. The Kier molecular flexibility index (Phi) is 8.69. The lowest BCUT2D eigenvalue weighted by Crippen LogP contribution is -2.38. The first kappa shape index (κ1) is 18.6. The van der Waals surface area contributed by atoms with E-state index in [1.165, 1.54) is 7.11 Å². The summed E-state index contributed by atoms with van der Waals surface area (Å²) >= 11 is 0. The number of nitrogens with zero attached hydrogens (tertiary/aromatic N) is 1. The van der Waals surface area contributed by atoms with Crippen molar-refractivity contribution in [3.05, 3.63) is 35.4 Å². The highest BCUT2D eigenvalue weighted by Crippen LogP contribution is 2.20. The summed E-state index contributed by atoms with van der Waals surface area (Å²) in [6.07, 6.45) is 0. The fraction of sp³-hybridized carbons (Fsp3) is 0.562. The maximum Gasteiger partial charge on any atom is 0.337 e. The Bertz CT molecular complexity index is 428. The van der Waals surface area contributed by atoms with Crippen molar-refractivity contribution in [2.75, 3.05) is 54.2 Å². The lowest BCUT2D eigenvalue weighted by Gasteiger charge is -2.31. The zero-order valence-corrected chi connectivity index (χ0v) is 13.6. The van der Waals surface area contributed by atoms with Gasteiger partial charge in [-0.05, 0) is 17.7 Å². The molecule has 0 radical (unpaired) electrons. The van der Waals surface area contributed by atoms with Crippen LogP contribution < -0.4 is 5.73 Å². The molecular formula is C16H26N2O4. The van der Waals surface area contributed by atoms with Crippen LogP contribution in [0, 0.1) is 0 Å². The molecule has 0 amide bonds. The molecule has 1 aromatic carbocycles. The van der Waals surface area contributed by atoms with Crippen molar-refractivity contribution >= 4 is 5.97 Å². The Morgan fingerprint density at radius 3 is 2.05 bits per heavy atom. The van der Waals surface area contributed by atoms with E-state index in [9.17, 15) is 4.79 Å². The first-order chi connectivity index (χ1) is 10.7. The third kappa shape index (κ3) is 5.38. The van der Waals surface area contributed by atoms with E-state index in [-0.39, 0.29) is 12.0 Å². The number of benzene rings is 1. The summed E-state index contributed by atoms with van der Waals surface area (Å²) in [5.41, 5.74) is 7.55. The van der Waals surface area contributed by atoms with Gasteiger partial charge in [0.15, 0.2) is 0 Å². The van der Waals surface area contributed by atoms with Crippen LogP contribution in [0.3, 0.4) is 0 Å². The molecule has 6 heteroatoms. The van der Waals surface area contributed by atoms with Gasteiger partial charge < -0.3 is 19.9 Å². The van der Waals surface area contributed by atoms with Crippen molar-refractivity contribution in [2.24, 2.45) is 5.73 Å². The van der Waals surface area contributed by atoms with Gasteiger partial charge in [0.1, 0.15) is 0 Å². The Morgan fingerprint density at radius 2 is 1.64 bits per heavy atom. The predicted molar refractivity (Wildman–Crippen MR) is 84.9 cm³/mol. The van der Waals surface area contributed by atoms with Crippen molar-refractivity contribution in [1.82, 2.24) is 4.90 Å². The zero-order chi connectivity index (χ0) is 16.4. The Hall–Kier alpha value is -1.47. The van der Waals surface area contributed by atoms with Crippen LogP contribution in [-0.2, 0) is 14.2 Å². The van der Waals surface area contributed by atoms with Crippen molar-refractivity contribution < 1.29 is 19.0 Å². The predicted octanol–water partition coefficient (Wildman–Crippen LogP) is 1.07. The standard InChI is InChI=1S/C16H26N2O4/c1-20-10-8-18(9-11-21-2)15(12-17)13-4-6-14(7-5-13)16(19)22-3/h4-7,15H,8-12,17H2,1-3H3. The van der Waals surface area contributed by atoms with Gasteiger partial charge in [0.2, 0.25) is 0 Å². The van der Waals surface area contributed by atoms with Gasteiger partial charge in [-0.3, -0.25) is 4.90 Å². The molecule has 0 saturated heterocycles. The number of esters is 1. The lowest BCUT2D eigenvalue weighted by molar-refractivity contribution is 0.0600. The van der Waals surface area contributed by atoms with Gasteiger partial charge in [0, 0.05) is 39.9 Å². The number of rotatable bonds is 10. The number of hydrogen-bond acceptors (Lipinski definition) is 6. The monoisotopic (exact) mass is 310 g/mol. The van der Waals surface area contributed by atoms with Crippen LogP contribution in [0.4, 0.5) is 0 Å². The average Bonchev–Trinajstić information content (AvgIpc) is 2.57. The summed E-state index contributed by atoms with van der Waals surface area (Å²) in [4.78, 5) is 13.7. The molecule has 22 heavy (non-hydrogen) atoms. The molecule has 1 aromatic rings. The maximum atomic E-state index is 11.5. The van der Waals surface area contributed by atoms with E-state index in [2.05, 4.69) is 4.90 Å². The first-order valence-electron chi connectivity index (χ1n) is 7.28. The smallest absolute Gasteiger partial charge is 0.337 e. The minimum absolute atomic E-state index is 0.0528. The topological polar surface area (TPSA) is 74.0 Å². The minimum Gasteiger partial charge on any atom is -0.465 e. The maximum absolute atomic E-state index is 11.5. The molecule has 0 aliphatic heterocycles. The quantitative estimate of drug-likeness (QED) is 0.652. The second-order valence-electron chi connectivity index (χ2n) is 4.89. The fourth-order valence-electron chi connectivity index (χ4n) is 2.30. The molecule has 0 aromatic heterocycles. The zero-order valence-electron chi connectivity index (χ0n) is 13.6. The van der Waals surface area contributed by atoms with Crippen molar-refractivity contribution in [2.45, 2.75) is 6.04 Å². The van der Waals surface area contributed by atoms with Crippen LogP contribution in [-0.4, -0.2) is 65.0 Å². The summed E-state index contributed by atoms with van der Waals surface area (Å²) in [6, 6.07) is 7.40. The molecule has 1 rings (SSSR count). The molecular weight excluding hydrogens is 284 g/mol. The van der Waals surface area contributed by atoms with E-state index in [0.29, 0.717) is 25.3 Å². The van der Waals surface area contributed by atoms with Gasteiger partial charge in [-0.2, -0.15) is 0 Å². The molecule has 2 N–H and O–H groups in total. The van der Waals surface area contributed by atoms with Gasteiger partial charge in [-0.1, -0.05) is 12.1 Å². The molecule has 124 valence electrons. The van der Waals surface area contributed by atoms with Crippen LogP contribution in [0.2, 0.25) is 0 Å². The molecule has 1 unspecified atom stereocenters. The Balaban J connectivity index is 2.87. The SMILES string of the molecule is COCCN(CCOC)C(CN)c1ccc(C(=O)OC)cc1. The van der Waals surface area contributed by atoms with Crippen LogP contribution in [0.1, 0.15) is 22.0 Å². The minimum atomic E-state index is -0.341. The van der Waals surface area contributed by atoms with Gasteiger partial charge in [-0.15, -0.1) is 0 Å².